The lowest BCUT2D eigenvalue weighted by Crippen LogP contribution is -2.37. The van der Waals surface area contributed by atoms with Crippen LogP contribution >= 0.6 is 0 Å². The van der Waals surface area contributed by atoms with Crippen molar-refractivity contribution in [2.24, 2.45) is 0 Å². The van der Waals surface area contributed by atoms with Crippen LogP contribution in [-0.2, 0) is 11.2 Å². The highest BCUT2D eigenvalue weighted by atomic mass is 16.4. The van der Waals surface area contributed by atoms with Crippen molar-refractivity contribution in [3.8, 4) is 0 Å². The highest BCUT2D eigenvalue weighted by molar-refractivity contribution is 5.76. The summed E-state index contributed by atoms with van der Waals surface area (Å²) < 4.78 is 0. The normalized spacial score (nSPS) is 14.8. The second-order valence-electron chi connectivity index (χ2n) is 3.74. The fraction of sp³-hybridized carbons (Fsp3) is 0.364. The van der Waals surface area contributed by atoms with Crippen molar-refractivity contribution in [2.45, 2.75) is 25.9 Å². The first-order valence-electron chi connectivity index (χ1n) is 4.43. The summed E-state index contributed by atoms with van der Waals surface area (Å²) in [7, 11) is 0. The molecule has 0 saturated carbocycles. The molecule has 0 saturated heterocycles. The Morgan fingerprint density at radius 3 is 2.64 bits per heavy atom. The number of aliphatic hydroxyl groups is 1. The maximum atomic E-state index is 10.7. The van der Waals surface area contributed by atoms with Gasteiger partial charge in [0.2, 0.25) is 0 Å². The molecule has 2 N–H and O–H groups in total. The van der Waals surface area contributed by atoms with Crippen LogP contribution in [0.15, 0.2) is 24.3 Å². The van der Waals surface area contributed by atoms with E-state index in [0.717, 1.165) is 11.1 Å². The third-order valence-electron chi connectivity index (χ3n) is 2.09. The van der Waals surface area contributed by atoms with E-state index in [1.54, 1.807) is 0 Å². The van der Waals surface area contributed by atoms with Gasteiger partial charge in [-0.1, -0.05) is 29.8 Å². The van der Waals surface area contributed by atoms with E-state index in [4.69, 9.17) is 5.11 Å². The summed E-state index contributed by atoms with van der Waals surface area (Å²) in [5.41, 5.74) is 0.203. The largest absolute Gasteiger partial charge is 0.479 e. The van der Waals surface area contributed by atoms with E-state index < -0.39 is 11.6 Å². The third-order valence-corrected chi connectivity index (χ3v) is 2.09. The number of carbonyl (C=O) groups is 1. The molecular formula is C11H14O3. The van der Waals surface area contributed by atoms with Gasteiger partial charge in [-0.05, 0) is 19.4 Å². The summed E-state index contributed by atoms with van der Waals surface area (Å²) in [6, 6.07) is 7.46. The highest BCUT2D eigenvalue weighted by Crippen LogP contribution is 2.14. The number of hydrogen-bond donors (Lipinski definition) is 2. The Hall–Kier alpha value is -1.35. The predicted octanol–water partition coefficient (Wildman–Crippen LogP) is 1.37. The van der Waals surface area contributed by atoms with Gasteiger partial charge in [-0.2, -0.15) is 0 Å². The summed E-state index contributed by atoms with van der Waals surface area (Å²) in [6.07, 6.45) is 0.129. The minimum absolute atomic E-state index is 0.129. The first-order chi connectivity index (χ1) is 6.42. The molecule has 0 heterocycles. The number of aryl methyl sites for hydroxylation is 1. The van der Waals surface area contributed by atoms with E-state index in [1.807, 2.05) is 31.2 Å². The van der Waals surface area contributed by atoms with E-state index in [-0.39, 0.29) is 6.42 Å². The standard InChI is InChI=1S/C11H14O3/c1-8-4-3-5-9(6-8)7-11(2,14)10(12)13/h3-6,14H,7H2,1-2H3,(H,12,13)/t11-/m0/s1. The van der Waals surface area contributed by atoms with E-state index in [1.165, 1.54) is 6.92 Å². The SMILES string of the molecule is Cc1cccc(C[C@](C)(O)C(=O)O)c1. The average molecular weight is 194 g/mol. The van der Waals surface area contributed by atoms with E-state index in [9.17, 15) is 9.90 Å². The molecule has 1 aromatic carbocycles. The minimum atomic E-state index is -1.69. The van der Waals surface area contributed by atoms with Crippen LogP contribution in [-0.4, -0.2) is 21.8 Å². The smallest absolute Gasteiger partial charge is 0.335 e. The Morgan fingerprint density at radius 1 is 1.50 bits per heavy atom. The zero-order chi connectivity index (χ0) is 10.8. The molecule has 0 aliphatic heterocycles. The van der Waals surface area contributed by atoms with Crippen LogP contribution in [0, 0.1) is 6.92 Å². The van der Waals surface area contributed by atoms with Crippen LogP contribution in [0.3, 0.4) is 0 Å². The second kappa shape index (κ2) is 3.80. The van der Waals surface area contributed by atoms with E-state index in [0.29, 0.717) is 0 Å². The van der Waals surface area contributed by atoms with Gasteiger partial charge in [-0.3, -0.25) is 0 Å². The van der Waals surface area contributed by atoms with Gasteiger partial charge in [-0.15, -0.1) is 0 Å². The van der Waals surface area contributed by atoms with Crippen LogP contribution < -0.4 is 0 Å². The topological polar surface area (TPSA) is 57.5 Å². The Kier molecular flexibility index (Phi) is 2.91. The lowest BCUT2D eigenvalue weighted by Gasteiger charge is -2.17. The van der Waals surface area contributed by atoms with E-state index >= 15 is 0 Å². The van der Waals surface area contributed by atoms with Gasteiger partial charge in [0.15, 0.2) is 5.60 Å². The molecule has 14 heavy (non-hydrogen) atoms. The molecule has 0 fully saturated rings. The minimum Gasteiger partial charge on any atom is -0.479 e. The molecule has 0 unspecified atom stereocenters. The molecule has 0 radical (unpaired) electrons. The first kappa shape index (κ1) is 10.7. The highest BCUT2D eigenvalue weighted by Gasteiger charge is 2.29. The monoisotopic (exact) mass is 194 g/mol. The zero-order valence-corrected chi connectivity index (χ0v) is 8.32. The Morgan fingerprint density at radius 2 is 2.14 bits per heavy atom. The molecule has 0 spiro atoms. The number of rotatable bonds is 3. The van der Waals surface area contributed by atoms with Gasteiger partial charge in [0.05, 0.1) is 0 Å². The van der Waals surface area contributed by atoms with Gasteiger partial charge in [0.1, 0.15) is 0 Å². The van der Waals surface area contributed by atoms with Crippen LogP contribution in [0.2, 0.25) is 0 Å². The number of carboxylic acid groups (broad SMARTS) is 1. The lowest BCUT2D eigenvalue weighted by molar-refractivity contribution is -0.156. The number of aliphatic carboxylic acids is 1. The van der Waals surface area contributed by atoms with Gasteiger partial charge in [0.25, 0.3) is 0 Å². The molecule has 1 rings (SSSR count). The van der Waals surface area contributed by atoms with Crippen molar-refractivity contribution in [2.75, 3.05) is 0 Å². The third kappa shape index (κ3) is 2.57. The van der Waals surface area contributed by atoms with Crippen molar-refractivity contribution in [3.05, 3.63) is 35.4 Å². The van der Waals surface area contributed by atoms with Crippen LogP contribution in [0.1, 0.15) is 18.1 Å². The van der Waals surface area contributed by atoms with Crippen LogP contribution in [0.4, 0.5) is 0 Å². The Bertz CT molecular complexity index is 342. The molecule has 0 aliphatic rings. The molecule has 1 aromatic rings. The van der Waals surface area contributed by atoms with Crippen molar-refractivity contribution in [1.82, 2.24) is 0 Å². The number of carboxylic acids is 1. The second-order valence-corrected chi connectivity index (χ2v) is 3.74. The predicted molar refractivity (Wildman–Crippen MR) is 53.1 cm³/mol. The Balaban J connectivity index is 2.83. The summed E-state index contributed by atoms with van der Waals surface area (Å²) in [6.45, 7) is 3.23. The van der Waals surface area contributed by atoms with E-state index in [2.05, 4.69) is 0 Å². The molecule has 3 nitrogen and oxygen atoms in total. The quantitative estimate of drug-likeness (QED) is 0.764. The van der Waals surface area contributed by atoms with Crippen molar-refractivity contribution >= 4 is 5.97 Å². The van der Waals surface area contributed by atoms with Gasteiger partial charge >= 0.3 is 5.97 Å². The lowest BCUT2D eigenvalue weighted by atomic mass is 9.96. The fourth-order valence-corrected chi connectivity index (χ4v) is 1.30. The van der Waals surface area contributed by atoms with Crippen LogP contribution in [0.5, 0.6) is 0 Å². The van der Waals surface area contributed by atoms with Crippen molar-refractivity contribution in [3.63, 3.8) is 0 Å². The maximum Gasteiger partial charge on any atom is 0.335 e. The molecule has 0 bridgehead atoms. The summed E-state index contributed by atoms with van der Waals surface area (Å²) in [5, 5.41) is 18.3. The van der Waals surface area contributed by atoms with Gasteiger partial charge in [0, 0.05) is 6.42 Å². The molecule has 0 aromatic heterocycles. The summed E-state index contributed by atoms with van der Waals surface area (Å²) >= 11 is 0. The van der Waals surface area contributed by atoms with Crippen LogP contribution in [0.25, 0.3) is 0 Å². The fourth-order valence-electron chi connectivity index (χ4n) is 1.30. The van der Waals surface area contributed by atoms with Gasteiger partial charge < -0.3 is 10.2 Å². The maximum absolute atomic E-state index is 10.7. The molecular weight excluding hydrogens is 180 g/mol. The van der Waals surface area contributed by atoms with Crippen molar-refractivity contribution < 1.29 is 15.0 Å². The zero-order valence-electron chi connectivity index (χ0n) is 8.32. The molecule has 3 heteroatoms. The number of hydrogen-bond acceptors (Lipinski definition) is 2. The molecule has 0 aliphatic carbocycles. The Labute approximate surface area is 83.0 Å². The van der Waals surface area contributed by atoms with Crippen molar-refractivity contribution in [1.29, 1.82) is 0 Å². The summed E-state index contributed by atoms with van der Waals surface area (Å²) in [4.78, 5) is 10.7. The number of benzene rings is 1. The molecule has 1 atom stereocenters. The first-order valence-corrected chi connectivity index (χ1v) is 4.43. The average Bonchev–Trinajstić information content (AvgIpc) is 2.02. The molecule has 0 amide bonds. The molecule has 76 valence electrons. The van der Waals surface area contributed by atoms with Gasteiger partial charge in [-0.25, -0.2) is 4.79 Å². The summed E-state index contributed by atoms with van der Waals surface area (Å²) in [5.74, 6) is -1.20.